The molecule has 52 heavy (non-hydrogen) atoms. The van der Waals surface area contributed by atoms with Gasteiger partial charge in [-0.25, -0.2) is 0 Å². The summed E-state index contributed by atoms with van der Waals surface area (Å²) in [5.74, 6) is 0. The molecule has 0 radical (unpaired) electrons. The minimum Gasteiger partial charge on any atom is -0.309 e. The fraction of sp³-hybridized carbons (Fsp3) is 0.160. The van der Waals surface area contributed by atoms with Crippen LogP contribution in [0.1, 0.15) is 52.7 Å². The molecule has 0 aliphatic carbocycles. The molecule has 0 amide bonds. The van der Waals surface area contributed by atoms with Crippen LogP contribution in [0.2, 0.25) is 0 Å². The minimum atomic E-state index is 0.0728. The highest BCUT2D eigenvalue weighted by atomic mass is 15.0. The maximum Gasteiger partial charge on any atom is 0.0641 e. The Labute approximate surface area is 306 Å². The molecule has 254 valence electrons. The third-order valence-electron chi connectivity index (χ3n) is 10.9. The minimum absolute atomic E-state index is 0.0728. The molecule has 0 unspecified atom stereocenters. The lowest BCUT2D eigenvalue weighted by Gasteiger charge is -2.22. The van der Waals surface area contributed by atoms with Gasteiger partial charge in [-0.3, -0.25) is 0 Å². The number of para-hydroxylation sites is 4. The molecule has 0 spiro atoms. The average molecular weight is 673 g/mol. The van der Waals surface area contributed by atoms with Gasteiger partial charge in [-0.2, -0.15) is 0 Å². The Morgan fingerprint density at radius 3 is 1.42 bits per heavy atom. The standard InChI is InChI=1S/C50H44N2/c1-49(2,3)35-27-23-33(24-28-35)38-19-14-20-39(34-25-29-36(30-26-34)50(4,5)6)47(38)52-43-21-12-10-17-40(43)41-31-32-45-46(48(41)52)42-18-11-13-22-44(42)51(45)37-15-8-7-9-16-37/h7-32H,1-6H3. The first-order valence-corrected chi connectivity index (χ1v) is 18.5. The zero-order valence-corrected chi connectivity index (χ0v) is 30.9. The second-order valence-corrected chi connectivity index (χ2v) is 16.3. The molecule has 2 aromatic heterocycles. The molecule has 2 nitrogen and oxygen atoms in total. The molecule has 0 atom stereocenters. The van der Waals surface area contributed by atoms with E-state index in [0.29, 0.717) is 0 Å². The van der Waals surface area contributed by atoms with E-state index < -0.39 is 0 Å². The molecule has 0 aliphatic rings. The van der Waals surface area contributed by atoms with E-state index in [9.17, 15) is 0 Å². The average Bonchev–Trinajstić information content (AvgIpc) is 3.67. The van der Waals surface area contributed by atoms with Gasteiger partial charge in [-0.1, -0.05) is 169 Å². The fourth-order valence-electron chi connectivity index (χ4n) is 8.15. The number of benzene rings is 7. The first kappa shape index (κ1) is 32.1. The van der Waals surface area contributed by atoms with Crippen molar-refractivity contribution < 1.29 is 0 Å². The molecule has 0 aliphatic heterocycles. The summed E-state index contributed by atoms with van der Waals surface area (Å²) < 4.78 is 5.00. The zero-order chi connectivity index (χ0) is 35.8. The van der Waals surface area contributed by atoms with E-state index in [0.717, 1.165) is 5.69 Å². The quantitative estimate of drug-likeness (QED) is 0.176. The Bertz CT molecular complexity index is 2690. The van der Waals surface area contributed by atoms with Gasteiger partial charge in [0, 0.05) is 38.4 Å². The van der Waals surface area contributed by atoms with Gasteiger partial charge in [0.15, 0.2) is 0 Å². The maximum absolute atomic E-state index is 2.58. The van der Waals surface area contributed by atoms with Gasteiger partial charge in [0.25, 0.3) is 0 Å². The lowest BCUT2D eigenvalue weighted by atomic mass is 9.85. The van der Waals surface area contributed by atoms with Crippen molar-refractivity contribution in [2.45, 2.75) is 52.4 Å². The summed E-state index contributed by atoms with van der Waals surface area (Å²) in [7, 11) is 0. The van der Waals surface area contributed by atoms with Gasteiger partial charge in [0.1, 0.15) is 0 Å². The molecule has 0 N–H and O–H groups in total. The van der Waals surface area contributed by atoms with Crippen LogP contribution in [0.4, 0.5) is 0 Å². The highest BCUT2D eigenvalue weighted by Crippen LogP contribution is 2.46. The van der Waals surface area contributed by atoms with Crippen LogP contribution in [-0.4, -0.2) is 9.13 Å². The van der Waals surface area contributed by atoms with Gasteiger partial charge >= 0.3 is 0 Å². The predicted octanol–water partition coefficient (Wildman–Crippen LogP) is 13.8. The summed E-state index contributed by atoms with van der Waals surface area (Å²) in [4.78, 5) is 0. The van der Waals surface area contributed by atoms with Crippen molar-refractivity contribution in [3.8, 4) is 33.6 Å². The number of hydrogen-bond acceptors (Lipinski definition) is 0. The van der Waals surface area contributed by atoms with Crippen molar-refractivity contribution in [3.63, 3.8) is 0 Å². The lowest BCUT2D eigenvalue weighted by Crippen LogP contribution is -2.10. The van der Waals surface area contributed by atoms with E-state index in [1.54, 1.807) is 0 Å². The van der Waals surface area contributed by atoms with Crippen molar-refractivity contribution >= 4 is 43.6 Å². The van der Waals surface area contributed by atoms with Crippen molar-refractivity contribution in [3.05, 3.63) is 169 Å². The van der Waals surface area contributed by atoms with E-state index in [-0.39, 0.29) is 10.8 Å². The molecule has 9 aromatic rings. The Morgan fingerprint density at radius 2 is 0.865 bits per heavy atom. The number of hydrogen-bond donors (Lipinski definition) is 0. The molecule has 0 saturated carbocycles. The van der Waals surface area contributed by atoms with Gasteiger partial charge in [-0.15, -0.1) is 0 Å². The molecule has 0 saturated heterocycles. The maximum atomic E-state index is 2.58. The lowest BCUT2D eigenvalue weighted by molar-refractivity contribution is 0.590. The zero-order valence-electron chi connectivity index (χ0n) is 30.9. The van der Waals surface area contributed by atoms with Crippen LogP contribution in [-0.2, 0) is 10.8 Å². The second-order valence-electron chi connectivity index (χ2n) is 16.3. The van der Waals surface area contributed by atoms with Crippen LogP contribution < -0.4 is 0 Å². The topological polar surface area (TPSA) is 9.86 Å². The summed E-state index contributed by atoms with van der Waals surface area (Å²) in [5, 5.41) is 5.02. The molecule has 0 fully saturated rings. The summed E-state index contributed by atoms with van der Waals surface area (Å²) in [6.07, 6.45) is 0. The monoisotopic (exact) mass is 672 g/mol. The number of nitrogens with zero attached hydrogens (tertiary/aromatic N) is 2. The van der Waals surface area contributed by atoms with Crippen molar-refractivity contribution in [1.82, 2.24) is 9.13 Å². The van der Waals surface area contributed by atoms with E-state index in [4.69, 9.17) is 0 Å². The van der Waals surface area contributed by atoms with Crippen LogP contribution in [0, 0.1) is 0 Å². The highest BCUT2D eigenvalue weighted by molar-refractivity contribution is 6.26. The molecular formula is C50H44N2. The van der Waals surface area contributed by atoms with Crippen molar-refractivity contribution in [1.29, 1.82) is 0 Å². The van der Waals surface area contributed by atoms with E-state index in [1.165, 1.54) is 82.7 Å². The van der Waals surface area contributed by atoms with Crippen molar-refractivity contribution in [2.75, 3.05) is 0 Å². The number of rotatable bonds is 4. The summed E-state index contributed by atoms with van der Waals surface area (Å²) in [6.45, 7) is 13.7. The largest absolute Gasteiger partial charge is 0.309 e. The Hall–Kier alpha value is -5.86. The first-order chi connectivity index (χ1) is 25.1. The Kier molecular flexibility index (Phi) is 7.31. The molecular weight excluding hydrogens is 629 g/mol. The normalized spacial score (nSPS) is 12.4. The Morgan fingerprint density at radius 1 is 0.365 bits per heavy atom. The van der Waals surface area contributed by atoms with E-state index >= 15 is 0 Å². The highest BCUT2D eigenvalue weighted by Gasteiger charge is 2.25. The second kappa shape index (κ2) is 11.9. The third-order valence-corrected chi connectivity index (χ3v) is 10.9. The first-order valence-electron chi connectivity index (χ1n) is 18.5. The molecule has 2 heteroatoms. The summed E-state index contributed by atoms with van der Waals surface area (Å²) in [6, 6.07) is 58.6. The van der Waals surface area contributed by atoms with Gasteiger partial charge in [0.2, 0.25) is 0 Å². The van der Waals surface area contributed by atoms with Crippen LogP contribution in [0.25, 0.3) is 77.2 Å². The fourth-order valence-corrected chi connectivity index (χ4v) is 8.15. The van der Waals surface area contributed by atoms with Crippen LogP contribution in [0.5, 0.6) is 0 Å². The molecule has 7 aromatic carbocycles. The number of fused-ring (bicyclic) bond motifs is 7. The van der Waals surface area contributed by atoms with Gasteiger partial charge in [-0.05, 0) is 63.4 Å². The third kappa shape index (κ3) is 5.08. The van der Waals surface area contributed by atoms with Gasteiger partial charge < -0.3 is 9.13 Å². The van der Waals surface area contributed by atoms with E-state index in [1.807, 2.05) is 0 Å². The van der Waals surface area contributed by atoms with Crippen LogP contribution in [0.15, 0.2) is 158 Å². The van der Waals surface area contributed by atoms with Gasteiger partial charge in [0.05, 0.1) is 27.8 Å². The SMILES string of the molecule is CC(C)(C)c1ccc(-c2cccc(-c3ccc(C(C)(C)C)cc3)c2-n2c3ccccc3c3ccc4c(c5ccccc5n4-c4ccccc4)c32)cc1. The van der Waals surface area contributed by atoms with Crippen molar-refractivity contribution in [2.24, 2.45) is 0 Å². The molecule has 2 heterocycles. The van der Waals surface area contributed by atoms with E-state index in [2.05, 4.69) is 208 Å². The summed E-state index contributed by atoms with van der Waals surface area (Å²) >= 11 is 0. The van der Waals surface area contributed by atoms with Crippen LogP contribution in [0.3, 0.4) is 0 Å². The Balaban J connectivity index is 1.45. The predicted molar refractivity (Wildman–Crippen MR) is 223 cm³/mol. The molecule has 9 rings (SSSR count). The molecule has 0 bridgehead atoms. The van der Waals surface area contributed by atoms with Crippen LogP contribution >= 0.6 is 0 Å². The summed E-state index contributed by atoms with van der Waals surface area (Å²) in [5.41, 5.74) is 14.9. The number of aromatic nitrogens is 2. The smallest absolute Gasteiger partial charge is 0.0641 e.